The van der Waals surface area contributed by atoms with E-state index in [0.717, 1.165) is 70.6 Å². The van der Waals surface area contributed by atoms with Gasteiger partial charge in [0.05, 0.1) is 0 Å². The van der Waals surface area contributed by atoms with Gasteiger partial charge in [0.2, 0.25) is 0 Å². The number of ether oxygens (including phenoxy) is 3. The van der Waals surface area contributed by atoms with Gasteiger partial charge in [0.1, 0.15) is 13.2 Å². The van der Waals surface area contributed by atoms with Crippen LogP contribution in [0.2, 0.25) is 0 Å². The van der Waals surface area contributed by atoms with Crippen LogP contribution in [0.5, 0.6) is 0 Å². The highest BCUT2D eigenvalue weighted by Gasteiger charge is 2.19. The Balaban J connectivity index is 4.02. The van der Waals surface area contributed by atoms with E-state index in [1.807, 2.05) is 0 Å². The summed E-state index contributed by atoms with van der Waals surface area (Å²) in [5, 5.41) is 0. The molecule has 0 N–H and O–H groups in total. The van der Waals surface area contributed by atoms with E-state index in [-0.39, 0.29) is 31.1 Å². The van der Waals surface area contributed by atoms with E-state index in [1.54, 1.807) is 0 Å². The van der Waals surface area contributed by atoms with Gasteiger partial charge < -0.3 is 14.2 Å². The van der Waals surface area contributed by atoms with E-state index >= 15 is 0 Å². The maximum absolute atomic E-state index is 12.8. The number of esters is 3. The summed E-state index contributed by atoms with van der Waals surface area (Å²) < 4.78 is 16.8. The van der Waals surface area contributed by atoms with E-state index in [4.69, 9.17) is 14.2 Å². The van der Waals surface area contributed by atoms with Gasteiger partial charge in [-0.3, -0.25) is 14.4 Å². The van der Waals surface area contributed by atoms with Crippen LogP contribution in [0.1, 0.15) is 342 Å². The second-order valence-corrected chi connectivity index (χ2v) is 21.3. The summed E-state index contributed by atoms with van der Waals surface area (Å²) in [6.45, 7) is 6.62. The summed E-state index contributed by atoms with van der Waals surface area (Å²) in [4.78, 5) is 38.0. The SMILES string of the molecule is CCCCCCC/C=C\C/C=C\C/C=C\CCCCCCCCCCCCCCCCC(=O)OCC(COC(=O)CCCCCCCC)OC(=O)CCCCCCCCCCCCCCCCCCCC. The molecule has 0 spiro atoms. The minimum absolute atomic E-state index is 0.0676. The van der Waals surface area contributed by atoms with Crippen LogP contribution in [0.4, 0.5) is 0 Å². The molecule has 1 unspecified atom stereocenters. The van der Waals surface area contributed by atoms with Gasteiger partial charge in [-0.15, -0.1) is 0 Å². The standard InChI is InChI=1S/C65H120O6/c1-4-7-10-13-16-18-20-22-24-26-28-29-30-31-32-33-34-35-36-37-38-40-41-43-45-47-49-52-55-58-64(67)70-61-62(60-69-63(66)57-54-51-15-12-9-6-3)71-65(68)59-56-53-50-48-46-44-42-39-27-25-23-21-19-17-14-11-8-5-2/h20,22,26,28,30-31,62H,4-19,21,23-25,27,29,32-61H2,1-3H3/b22-20-,28-26-,31-30-. The first-order chi connectivity index (χ1) is 35.0. The van der Waals surface area contributed by atoms with Crippen molar-refractivity contribution in [3.8, 4) is 0 Å². The Hall–Kier alpha value is -2.37. The summed E-state index contributed by atoms with van der Waals surface area (Å²) in [6.07, 6.45) is 73.3. The van der Waals surface area contributed by atoms with Crippen LogP contribution < -0.4 is 0 Å². The van der Waals surface area contributed by atoms with Crippen LogP contribution in [0.15, 0.2) is 36.5 Å². The van der Waals surface area contributed by atoms with Crippen molar-refractivity contribution in [3.05, 3.63) is 36.5 Å². The third-order valence-electron chi connectivity index (χ3n) is 14.1. The van der Waals surface area contributed by atoms with Gasteiger partial charge in [-0.25, -0.2) is 0 Å². The molecule has 0 aromatic heterocycles. The monoisotopic (exact) mass is 997 g/mol. The minimum Gasteiger partial charge on any atom is -0.462 e. The van der Waals surface area contributed by atoms with Crippen molar-refractivity contribution in [1.82, 2.24) is 0 Å². The molecule has 71 heavy (non-hydrogen) atoms. The summed E-state index contributed by atoms with van der Waals surface area (Å²) in [7, 11) is 0. The van der Waals surface area contributed by atoms with Crippen molar-refractivity contribution in [2.75, 3.05) is 13.2 Å². The fourth-order valence-electron chi connectivity index (χ4n) is 9.39. The van der Waals surface area contributed by atoms with Crippen LogP contribution in [-0.2, 0) is 28.6 Å². The van der Waals surface area contributed by atoms with Crippen LogP contribution in [0, 0.1) is 0 Å². The van der Waals surface area contributed by atoms with Crippen LogP contribution in [0.3, 0.4) is 0 Å². The van der Waals surface area contributed by atoms with Crippen molar-refractivity contribution in [2.24, 2.45) is 0 Å². The Morgan fingerprint density at radius 2 is 0.507 bits per heavy atom. The summed E-state index contributed by atoms with van der Waals surface area (Å²) in [5.41, 5.74) is 0. The van der Waals surface area contributed by atoms with Gasteiger partial charge >= 0.3 is 17.9 Å². The molecule has 0 fully saturated rings. The van der Waals surface area contributed by atoms with Crippen LogP contribution >= 0.6 is 0 Å². The van der Waals surface area contributed by atoms with E-state index in [0.29, 0.717) is 19.3 Å². The van der Waals surface area contributed by atoms with Gasteiger partial charge in [0.25, 0.3) is 0 Å². The average Bonchev–Trinajstić information content (AvgIpc) is 3.37. The van der Waals surface area contributed by atoms with Crippen molar-refractivity contribution in [2.45, 2.75) is 348 Å². The zero-order chi connectivity index (χ0) is 51.4. The first-order valence-corrected chi connectivity index (χ1v) is 31.5. The van der Waals surface area contributed by atoms with Crippen molar-refractivity contribution in [3.63, 3.8) is 0 Å². The Labute approximate surface area is 442 Å². The van der Waals surface area contributed by atoms with Gasteiger partial charge in [0, 0.05) is 19.3 Å². The van der Waals surface area contributed by atoms with Crippen molar-refractivity contribution < 1.29 is 28.6 Å². The Morgan fingerprint density at radius 3 is 0.789 bits per heavy atom. The predicted octanol–water partition coefficient (Wildman–Crippen LogP) is 21.2. The molecule has 0 aliphatic heterocycles. The minimum atomic E-state index is -0.765. The van der Waals surface area contributed by atoms with Crippen molar-refractivity contribution in [1.29, 1.82) is 0 Å². The van der Waals surface area contributed by atoms with Gasteiger partial charge in [0.15, 0.2) is 6.10 Å². The molecular formula is C65H120O6. The molecular weight excluding hydrogens is 877 g/mol. The zero-order valence-corrected chi connectivity index (χ0v) is 47.8. The van der Waals surface area contributed by atoms with Crippen LogP contribution in [-0.4, -0.2) is 37.2 Å². The molecule has 0 saturated carbocycles. The normalized spacial score (nSPS) is 12.2. The van der Waals surface area contributed by atoms with E-state index in [2.05, 4.69) is 57.2 Å². The lowest BCUT2D eigenvalue weighted by atomic mass is 10.0. The molecule has 0 bridgehead atoms. The highest BCUT2D eigenvalue weighted by Crippen LogP contribution is 2.17. The number of allylic oxidation sites excluding steroid dienone is 6. The Kier molecular flexibility index (Phi) is 58.2. The second kappa shape index (κ2) is 60.2. The smallest absolute Gasteiger partial charge is 0.306 e. The molecule has 6 nitrogen and oxygen atoms in total. The predicted molar refractivity (Wildman–Crippen MR) is 307 cm³/mol. The van der Waals surface area contributed by atoms with Gasteiger partial charge in [-0.1, -0.05) is 301 Å². The molecule has 1 atom stereocenters. The first kappa shape index (κ1) is 68.6. The van der Waals surface area contributed by atoms with Gasteiger partial charge in [-0.05, 0) is 57.8 Å². The molecule has 0 aliphatic carbocycles. The van der Waals surface area contributed by atoms with Gasteiger partial charge in [-0.2, -0.15) is 0 Å². The Bertz CT molecular complexity index is 1190. The average molecular weight is 998 g/mol. The number of hydrogen-bond acceptors (Lipinski definition) is 6. The number of rotatable bonds is 58. The van der Waals surface area contributed by atoms with E-state index in [1.165, 1.54) is 231 Å². The number of unbranched alkanes of at least 4 members (excludes halogenated alkanes) is 41. The number of carbonyl (C=O) groups excluding carboxylic acids is 3. The third-order valence-corrected chi connectivity index (χ3v) is 14.1. The largest absolute Gasteiger partial charge is 0.462 e. The second-order valence-electron chi connectivity index (χ2n) is 21.3. The lowest BCUT2D eigenvalue weighted by Crippen LogP contribution is -2.30. The molecule has 0 rings (SSSR count). The maximum Gasteiger partial charge on any atom is 0.306 e. The topological polar surface area (TPSA) is 78.9 Å². The summed E-state index contributed by atoms with van der Waals surface area (Å²) in [5.74, 6) is -0.857. The summed E-state index contributed by atoms with van der Waals surface area (Å²) >= 11 is 0. The lowest BCUT2D eigenvalue weighted by molar-refractivity contribution is -0.167. The van der Waals surface area contributed by atoms with Crippen molar-refractivity contribution >= 4 is 17.9 Å². The molecule has 0 aromatic carbocycles. The lowest BCUT2D eigenvalue weighted by Gasteiger charge is -2.18. The third kappa shape index (κ3) is 58.4. The summed E-state index contributed by atoms with van der Waals surface area (Å²) in [6, 6.07) is 0. The van der Waals surface area contributed by atoms with Crippen LogP contribution in [0.25, 0.3) is 0 Å². The fraction of sp³-hybridized carbons (Fsp3) is 0.862. The number of carbonyl (C=O) groups is 3. The number of hydrogen-bond donors (Lipinski definition) is 0. The first-order valence-electron chi connectivity index (χ1n) is 31.5. The Morgan fingerprint density at radius 1 is 0.282 bits per heavy atom. The molecule has 0 aliphatic rings. The zero-order valence-electron chi connectivity index (χ0n) is 47.8. The fourth-order valence-corrected chi connectivity index (χ4v) is 9.39. The molecule has 416 valence electrons. The maximum atomic E-state index is 12.8. The highest BCUT2D eigenvalue weighted by molar-refractivity contribution is 5.71. The quantitative estimate of drug-likeness (QED) is 0.0261. The molecule has 0 saturated heterocycles. The molecule has 6 heteroatoms. The molecule has 0 radical (unpaired) electrons. The molecule has 0 amide bonds. The van der Waals surface area contributed by atoms with E-state index in [9.17, 15) is 14.4 Å². The van der Waals surface area contributed by atoms with E-state index < -0.39 is 6.10 Å². The molecule has 0 heterocycles. The highest BCUT2D eigenvalue weighted by atomic mass is 16.6. The molecule has 0 aromatic rings.